The van der Waals surface area contributed by atoms with Crippen LogP contribution in [0.25, 0.3) is 88.4 Å². The number of hydrogen-bond donors (Lipinski definition) is 0. The number of pyridine rings is 1. The maximum absolute atomic E-state index is 14.8. The lowest BCUT2D eigenvalue weighted by atomic mass is 9.98. The van der Waals surface area contributed by atoms with Gasteiger partial charge in [0.15, 0.2) is 0 Å². The summed E-state index contributed by atoms with van der Waals surface area (Å²) in [6, 6.07) is 42.5. The molecule has 0 radical (unpaired) electrons. The predicted molar refractivity (Wildman–Crippen MR) is 238 cm³/mol. The monoisotopic (exact) mass is 858 g/mol. The van der Waals surface area contributed by atoms with Gasteiger partial charge >= 0.3 is 12.4 Å². The first kappa shape index (κ1) is 40.4. The Labute approximate surface area is 361 Å². The van der Waals surface area contributed by atoms with Crippen LogP contribution in [-0.2, 0) is 12.4 Å². The minimum atomic E-state index is -4.78. The van der Waals surface area contributed by atoms with Gasteiger partial charge in [-0.3, -0.25) is 4.98 Å². The lowest BCUT2D eigenvalue weighted by molar-refractivity contribution is -0.138. The molecule has 4 nitrogen and oxygen atoms in total. The second kappa shape index (κ2) is 14.7. The van der Waals surface area contributed by atoms with E-state index in [0.717, 1.165) is 73.8 Å². The van der Waals surface area contributed by atoms with Crippen molar-refractivity contribution in [1.82, 2.24) is 14.1 Å². The van der Waals surface area contributed by atoms with Gasteiger partial charge in [-0.1, -0.05) is 66.7 Å². The van der Waals surface area contributed by atoms with Crippen molar-refractivity contribution in [3.8, 4) is 50.8 Å². The Morgan fingerprint density at radius 3 is 1.39 bits per heavy atom. The molecule has 10 rings (SSSR count). The first-order valence-corrected chi connectivity index (χ1v) is 20.2. The second-order valence-corrected chi connectivity index (χ2v) is 16.1. The summed E-state index contributed by atoms with van der Waals surface area (Å²) < 4.78 is 103. The zero-order valence-electron chi connectivity index (χ0n) is 34.3. The molecule has 0 spiro atoms. The van der Waals surface area contributed by atoms with Crippen LogP contribution >= 0.6 is 0 Å². The molecule has 0 unspecified atom stereocenters. The van der Waals surface area contributed by atoms with E-state index in [1.807, 2.05) is 108 Å². The Morgan fingerprint density at radius 2 is 0.891 bits per heavy atom. The highest BCUT2D eigenvalue weighted by molar-refractivity contribution is 6.12. The van der Waals surface area contributed by atoms with Gasteiger partial charge in [0, 0.05) is 32.9 Å². The van der Waals surface area contributed by atoms with Gasteiger partial charge in [-0.05, 0) is 139 Å². The molecule has 3 heterocycles. The van der Waals surface area contributed by atoms with Gasteiger partial charge in [0.1, 0.15) is 17.4 Å². The smallest absolute Gasteiger partial charge is 0.308 e. The fourth-order valence-electron chi connectivity index (χ4n) is 9.10. The average molecular weight is 859 g/mol. The Morgan fingerprint density at radius 1 is 0.453 bits per heavy atom. The van der Waals surface area contributed by atoms with Crippen LogP contribution in [0.2, 0.25) is 0 Å². The van der Waals surface area contributed by atoms with Gasteiger partial charge in [-0.15, -0.1) is 0 Å². The molecular weight excluding hydrogens is 826 g/mol. The molecule has 0 saturated carbocycles. The van der Waals surface area contributed by atoms with Crippen molar-refractivity contribution in [2.45, 2.75) is 33.1 Å². The van der Waals surface area contributed by atoms with Gasteiger partial charge in [0.2, 0.25) is 0 Å². The molecule has 0 N–H and O–H groups in total. The van der Waals surface area contributed by atoms with Crippen LogP contribution in [-0.4, -0.2) is 14.1 Å². The van der Waals surface area contributed by atoms with Crippen molar-refractivity contribution in [3.63, 3.8) is 0 Å². The SMILES string of the molecule is Cc1cc(-c2ccc3c4ccccc4n(-c4cc(-c5cc(C)nc(C)c5)cc(-n5c6ccccc6c6ccc(-c7cc(F)cc(C(F)(F)F)c7)cc65)c4C#N)c3c2)cc(C(F)(F)F)c1. The normalized spacial score (nSPS) is 12.2. The average Bonchev–Trinajstić information content (AvgIpc) is 3.76. The molecule has 0 bridgehead atoms. The van der Waals surface area contributed by atoms with E-state index in [0.29, 0.717) is 56.2 Å². The van der Waals surface area contributed by atoms with Gasteiger partial charge in [-0.2, -0.15) is 31.6 Å². The molecule has 314 valence electrons. The number of halogens is 7. The van der Waals surface area contributed by atoms with E-state index in [9.17, 15) is 36.0 Å². The molecule has 0 aliphatic carbocycles. The van der Waals surface area contributed by atoms with E-state index in [2.05, 4.69) is 11.1 Å². The summed E-state index contributed by atoms with van der Waals surface area (Å²) in [4.78, 5) is 4.60. The van der Waals surface area contributed by atoms with Crippen molar-refractivity contribution >= 4 is 43.6 Å². The second-order valence-electron chi connectivity index (χ2n) is 16.1. The maximum Gasteiger partial charge on any atom is 0.416 e. The number of hydrogen-bond acceptors (Lipinski definition) is 2. The van der Waals surface area contributed by atoms with Crippen LogP contribution in [0.3, 0.4) is 0 Å². The molecule has 11 heteroatoms. The molecule has 0 atom stereocenters. The quantitative estimate of drug-likeness (QED) is 0.162. The summed E-state index contributed by atoms with van der Waals surface area (Å²) >= 11 is 0. The van der Waals surface area contributed by atoms with Crippen molar-refractivity contribution < 1.29 is 30.7 Å². The molecule has 0 aliphatic heterocycles. The number of alkyl halides is 6. The molecule has 0 saturated heterocycles. The molecule has 7 aromatic carbocycles. The fraction of sp³-hybridized carbons (Fsp3) is 0.0943. The highest BCUT2D eigenvalue weighted by Crippen LogP contribution is 2.43. The Bertz CT molecular complexity index is 3380. The van der Waals surface area contributed by atoms with Crippen LogP contribution in [0.1, 0.15) is 33.6 Å². The largest absolute Gasteiger partial charge is 0.416 e. The molecule has 10 aromatic rings. The van der Waals surface area contributed by atoms with Crippen LogP contribution in [0.5, 0.6) is 0 Å². The predicted octanol–water partition coefficient (Wildman–Crippen LogP) is 15.3. The summed E-state index contributed by atoms with van der Waals surface area (Å²) in [5.74, 6) is -1.03. The molecule has 0 fully saturated rings. The van der Waals surface area contributed by atoms with Crippen LogP contribution < -0.4 is 0 Å². The van der Waals surface area contributed by atoms with Crippen LogP contribution in [0, 0.1) is 37.9 Å². The molecule has 0 amide bonds. The van der Waals surface area contributed by atoms with E-state index >= 15 is 0 Å². The van der Waals surface area contributed by atoms with E-state index in [-0.39, 0.29) is 11.1 Å². The highest BCUT2D eigenvalue weighted by atomic mass is 19.4. The van der Waals surface area contributed by atoms with Crippen molar-refractivity contribution in [1.29, 1.82) is 5.26 Å². The Balaban J connectivity index is 1.31. The van der Waals surface area contributed by atoms with E-state index in [4.69, 9.17) is 0 Å². The van der Waals surface area contributed by atoms with E-state index in [1.54, 1.807) is 37.3 Å². The first-order chi connectivity index (χ1) is 30.5. The third-order valence-electron chi connectivity index (χ3n) is 11.7. The number of nitrogens with zero attached hydrogens (tertiary/aromatic N) is 4. The van der Waals surface area contributed by atoms with Crippen LogP contribution in [0.15, 0.2) is 146 Å². The van der Waals surface area contributed by atoms with Crippen molar-refractivity contribution in [3.05, 3.63) is 185 Å². The zero-order valence-corrected chi connectivity index (χ0v) is 34.3. The highest BCUT2D eigenvalue weighted by Gasteiger charge is 2.33. The number of fused-ring (bicyclic) bond motifs is 6. The zero-order chi connectivity index (χ0) is 44.8. The minimum Gasteiger partial charge on any atom is -0.308 e. The summed E-state index contributed by atoms with van der Waals surface area (Å²) in [7, 11) is 0. The van der Waals surface area contributed by atoms with Crippen molar-refractivity contribution in [2.24, 2.45) is 0 Å². The number of aromatic nitrogens is 3. The first-order valence-electron chi connectivity index (χ1n) is 20.2. The number of rotatable bonds is 5. The maximum atomic E-state index is 14.8. The molecular formula is C53H33F7N4. The minimum absolute atomic E-state index is 0.0285. The van der Waals surface area contributed by atoms with Crippen LogP contribution in [0.4, 0.5) is 30.7 Å². The van der Waals surface area contributed by atoms with E-state index in [1.165, 1.54) is 0 Å². The standard InChI is InChI=1S/C53H33F7N4/c1-29-16-34(20-38(17-29)52(55,56)57)32-12-14-43-41-8-4-6-10-46(41)63(48(43)23-32)50-25-37(35-18-30(2)62-31(3)19-35)26-51(45(50)28-61)64-47-11-7-5-9-42(47)44-15-13-33(24-49(44)64)36-21-39(53(58,59)60)27-40(54)22-36/h4-27H,1-3H3. The van der Waals surface area contributed by atoms with Gasteiger partial charge in [0.05, 0.1) is 44.6 Å². The topological polar surface area (TPSA) is 46.5 Å². The summed E-state index contributed by atoms with van der Waals surface area (Å²) in [5.41, 5.74) is 6.72. The Kier molecular flexibility index (Phi) is 9.27. The lowest BCUT2D eigenvalue weighted by Gasteiger charge is -2.19. The molecule has 3 aromatic heterocycles. The van der Waals surface area contributed by atoms with E-state index < -0.39 is 29.3 Å². The number of para-hydroxylation sites is 2. The van der Waals surface area contributed by atoms with Crippen molar-refractivity contribution in [2.75, 3.05) is 0 Å². The number of nitriles is 1. The summed E-state index contributed by atoms with van der Waals surface area (Å²) in [5, 5.41) is 14.7. The summed E-state index contributed by atoms with van der Waals surface area (Å²) in [6.07, 6.45) is -9.34. The number of benzene rings is 7. The van der Waals surface area contributed by atoms with Gasteiger partial charge < -0.3 is 9.13 Å². The fourth-order valence-corrected chi connectivity index (χ4v) is 9.10. The third kappa shape index (κ3) is 6.83. The molecule has 0 aliphatic rings. The molecule has 64 heavy (non-hydrogen) atoms. The summed E-state index contributed by atoms with van der Waals surface area (Å²) in [6.45, 7) is 5.40. The number of aryl methyl sites for hydroxylation is 3. The van der Waals surface area contributed by atoms with Gasteiger partial charge in [0.25, 0.3) is 0 Å². The lowest BCUT2D eigenvalue weighted by Crippen LogP contribution is -2.06. The van der Waals surface area contributed by atoms with Gasteiger partial charge in [-0.25, -0.2) is 4.39 Å². The Hall–Kier alpha value is -7.71. The third-order valence-corrected chi connectivity index (χ3v) is 11.7.